The number of rotatable bonds is 5. The van der Waals surface area contributed by atoms with E-state index in [1.165, 1.54) is 5.56 Å². The highest BCUT2D eigenvalue weighted by Crippen LogP contribution is 2.27. The van der Waals surface area contributed by atoms with Gasteiger partial charge in [-0.15, -0.1) is 5.10 Å². The van der Waals surface area contributed by atoms with Gasteiger partial charge in [-0.1, -0.05) is 23.4 Å². The van der Waals surface area contributed by atoms with Crippen LogP contribution >= 0.6 is 0 Å². The first-order valence-electron chi connectivity index (χ1n) is 6.21. The summed E-state index contributed by atoms with van der Waals surface area (Å²) in [7, 11) is 0. The second kappa shape index (κ2) is 5.18. The zero-order valence-corrected chi connectivity index (χ0v) is 10.1. The monoisotopic (exact) mass is 244 g/mol. The van der Waals surface area contributed by atoms with Crippen molar-refractivity contribution in [2.45, 2.75) is 19.1 Å². The Morgan fingerprint density at radius 1 is 1.39 bits per heavy atom. The molecule has 1 N–H and O–H groups in total. The molecule has 0 aliphatic carbocycles. The summed E-state index contributed by atoms with van der Waals surface area (Å²) in [6.07, 6.45) is 4.80. The average molecular weight is 244 g/mol. The molecule has 94 valence electrons. The summed E-state index contributed by atoms with van der Waals surface area (Å²) in [5.41, 5.74) is 1.31. The summed E-state index contributed by atoms with van der Waals surface area (Å²) in [5.74, 6) is 1.03. The maximum atomic E-state index is 5.85. The zero-order chi connectivity index (χ0) is 12.2. The van der Waals surface area contributed by atoms with Crippen LogP contribution in [-0.2, 0) is 13.0 Å². The van der Waals surface area contributed by atoms with Crippen molar-refractivity contribution in [3.63, 3.8) is 0 Å². The van der Waals surface area contributed by atoms with E-state index in [1.54, 1.807) is 6.20 Å². The normalized spacial score (nSPS) is 17.4. The number of benzene rings is 1. The lowest BCUT2D eigenvalue weighted by atomic mass is 10.1. The number of nitrogens with one attached hydrogen (secondary N) is 1. The summed E-state index contributed by atoms with van der Waals surface area (Å²) in [5, 5.41) is 11.1. The number of nitrogens with zero attached hydrogens (tertiary/aromatic N) is 3. The van der Waals surface area contributed by atoms with E-state index in [0.717, 1.165) is 31.8 Å². The molecule has 2 heterocycles. The Bertz CT molecular complexity index is 472. The molecule has 0 fully saturated rings. The number of para-hydroxylation sites is 1. The smallest absolute Gasteiger partial charge is 0.123 e. The minimum absolute atomic E-state index is 0.248. The molecule has 1 aromatic carbocycles. The van der Waals surface area contributed by atoms with E-state index >= 15 is 0 Å². The van der Waals surface area contributed by atoms with Gasteiger partial charge in [-0.25, -0.2) is 0 Å². The molecule has 2 aromatic rings. The first-order chi connectivity index (χ1) is 8.92. The van der Waals surface area contributed by atoms with Crippen LogP contribution in [-0.4, -0.2) is 34.2 Å². The van der Waals surface area contributed by atoms with E-state index in [2.05, 4.69) is 27.8 Å². The van der Waals surface area contributed by atoms with Crippen molar-refractivity contribution in [2.24, 2.45) is 0 Å². The van der Waals surface area contributed by atoms with Gasteiger partial charge in [0, 0.05) is 25.7 Å². The summed E-state index contributed by atoms with van der Waals surface area (Å²) < 4.78 is 7.66. The van der Waals surface area contributed by atoms with Crippen molar-refractivity contribution < 1.29 is 4.74 Å². The molecule has 18 heavy (non-hydrogen) atoms. The Hall–Kier alpha value is -1.88. The predicted molar refractivity (Wildman–Crippen MR) is 67.5 cm³/mol. The molecule has 0 amide bonds. The molecule has 0 spiro atoms. The summed E-state index contributed by atoms with van der Waals surface area (Å²) in [6.45, 7) is 2.57. The van der Waals surface area contributed by atoms with E-state index in [1.807, 2.05) is 23.0 Å². The highest BCUT2D eigenvalue weighted by atomic mass is 16.5. The topological polar surface area (TPSA) is 52.0 Å². The van der Waals surface area contributed by atoms with Crippen molar-refractivity contribution in [3.05, 3.63) is 42.2 Å². The van der Waals surface area contributed by atoms with Crippen molar-refractivity contribution >= 4 is 0 Å². The van der Waals surface area contributed by atoms with Crippen molar-refractivity contribution in [3.8, 4) is 5.75 Å². The Morgan fingerprint density at radius 2 is 2.33 bits per heavy atom. The minimum Gasteiger partial charge on any atom is -0.488 e. The van der Waals surface area contributed by atoms with Crippen LogP contribution in [0.4, 0.5) is 0 Å². The van der Waals surface area contributed by atoms with Crippen molar-refractivity contribution in [1.82, 2.24) is 20.3 Å². The molecule has 1 unspecified atom stereocenters. The van der Waals surface area contributed by atoms with Crippen LogP contribution in [0.5, 0.6) is 5.75 Å². The molecule has 0 radical (unpaired) electrons. The first-order valence-corrected chi connectivity index (χ1v) is 6.21. The maximum absolute atomic E-state index is 5.85. The van der Waals surface area contributed by atoms with Gasteiger partial charge in [0.1, 0.15) is 11.9 Å². The van der Waals surface area contributed by atoms with E-state index in [4.69, 9.17) is 4.74 Å². The lowest BCUT2D eigenvalue weighted by Crippen LogP contribution is -2.32. The fourth-order valence-corrected chi connectivity index (χ4v) is 2.18. The Morgan fingerprint density at radius 3 is 3.17 bits per heavy atom. The third kappa shape index (κ3) is 2.51. The van der Waals surface area contributed by atoms with Crippen LogP contribution in [0.2, 0.25) is 0 Å². The third-order valence-corrected chi connectivity index (χ3v) is 3.08. The number of ether oxygens (including phenoxy) is 1. The average Bonchev–Trinajstić information content (AvgIpc) is 3.03. The highest BCUT2D eigenvalue weighted by Gasteiger charge is 2.21. The Balaban J connectivity index is 1.41. The molecule has 0 saturated heterocycles. The lowest BCUT2D eigenvalue weighted by molar-refractivity contribution is 0.227. The van der Waals surface area contributed by atoms with E-state index < -0.39 is 0 Å². The second-order valence-corrected chi connectivity index (χ2v) is 4.42. The van der Waals surface area contributed by atoms with Crippen molar-refractivity contribution in [1.29, 1.82) is 0 Å². The summed E-state index contributed by atoms with van der Waals surface area (Å²) >= 11 is 0. The number of hydrogen-bond donors (Lipinski definition) is 1. The van der Waals surface area contributed by atoms with Gasteiger partial charge in [0.25, 0.3) is 0 Å². The predicted octanol–water partition coefficient (Wildman–Crippen LogP) is 0.871. The molecule has 5 heteroatoms. The molecule has 1 aliphatic rings. The van der Waals surface area contributed by atoms with Gasteiger partial charge in [0.15, 0.2) is 0 Å². The van der Waals surface area contributed by atoms with Crippen LogP contribution in [0.3, 0.4) is 0 Å². The van der Waals surface area contributed by atoms with Crippen LogP contribution in [0.1, 0.15) is 5.56 Å². The quantitative estimate of drug-likeness (QED) is 0.793. The van der Waals surface area contributed by atoms with Gasteiger partial charge < -0.3 is 10.1 Å². The lowest BCUT2D eigenvalue weighted by Gasteiger charge is -2.11. The largest absolute Gasteiger partial charge is 0.488 e. The van der Waals surface area contributed by atoms with Gasteiger partial charge in [-0.3, -0.25) is 4.68 Å². The van der Waals surface area contributed by atoms with Crippen LogP contribution < -0.4 is 10.1 Å². The second-order valence-electron chi connectivity index (χ2n) is 4.42. The molecule has 1 aliphatic heterocycles. The van der Waals surface area contributed by atoms with Crippen LogP contribution in [0, 0.1) is 0 Å². The van der Waals surface area contributed by atoms with Crippen LogP contribution in [0.25, 0.3) is 0 Å². The highest BCUT2D eigenvalue weighted by molar-refractivity contribution is 5.37. The molecule has 1 atom stereocenters. The first kappa shape index (κ1) is 11.2. The summed E-state index contributed by atoms with van der Waals surface area (Å²) in [4.78, 5) is 0. The Kier molecular flexibility index (Phi) is 3.23. The fraction of sp³-hybridized carbons (Fsp3) is 0.385. The standard InChI is InChI=1S/C13H16N4O/c1-2-4-13-11(3-1)9-12(18-13)10-14-5-7-17-8-6-15-16-17/h1-4,6,8,12,14H,5,7,9-10H2. The molecular weight excluding hydrogens is 228 g/mol. The minimum atomic E-state index is 0.248. The van der Waals surface area contributed by atoms with Crippen LogP contribution in [0.15, 0.2) is 36.7 Å². The number of fused-ring (bicyclic) bond motifs is 1. The molecule has 0 saturated carbocycles. The Labute approximate surface area is 106 Å². The molecule has 5 nitrogen and oxygen atoms in total. The summed E-state index contributed by atoms with van der Waals surface area (Å²) in [6, 6.07) is 8.23. The van der Waals surface area contributed by atoms with Gasteiger partial charge in [0.05, 0.1) is 12.7 Å². The molecule has 3 rings (SSSR count). The van der Waals surface area contributed by atoms with E-state index in [0.29, 0.717) is 0 Å². The van der Waals surface area contributed by atoms with Gasteiger partial charge in [-0.2, -0.15) is 0 Å². The van der Waals surface area contributed by atoms with E-state index in [-0.39, 0.29) is 6.10 Å². The number of aromatic nitrogens is 3. The molecular formula is C13H16N4O. The van der Waals surface area contributed by atoms with Crippen molar-refractivity contribution in [2.75, 3.05) is 13.1 Å². The van der Waals surface area contributed by atoms with E-state index in [9.17, 15) is 0 Å². The van der Waals surface area contributed by atoms with Gasteiger partial charge in [-0.05, 0) is 11.6 Å². The third-order valence-electron chi connectivity index (χ3n) is 3.08. The maximum Gasteiger partial charge on any atom is 0.123 e. The molecule has 0 bridgehead atoms. The van der Waals surface area contributed by atoms with Gasteiger partial charge in [0.2, 0.25) is 0 Å². The van der Waals surface area contributed by atoms with Gasteiger partial charge >= 0.3 is 0 Å². The molecule has 1 aromatic heterocycles. The fourth-order valence-electron chi connectivity index (χ4n) is 2.18. The zero-order valence-electron chi connectivity index (χ0n) is 10.1. The SMILES string of the molecule is c1ccc2c(c1)CC(CNCCn1ccnn1)O2. The number of hydrogen-bond acceptors (Lipinski definition) is 4.